The fraction of sp³-hybridized carbons (Fsp3) is 0.629. The van der Waals surface area contributed by atoms with Gasteiger partial charge in [0, 0.05) is 59.6 Å². The van der Waals surface area contributed by atoms with Gasteiger partial charge >= 0.3 is 0 Å². The van der Waals surface area contributed by atoms with Crippen LogP contribution in [0.3, 0.4) is 0 Å². The number of pyridine rings is 1. The van der Waals surface area contributed by atoms with Gasteiger partial charge in [0.1, 0.15) is 6.10 Å². The van der Waals surface area contributed by atoms with Crippen LogP contribution >= 0.6 is 23.2 Å². The van der Waals surface area contributed by atoms with Crippen LogP contribution in [0.4, 0.5) is 10.1 Å². The molecular weight excluding hydrogens is 644 g/mol. The molecule has 1 aliphatic carbocycles. The summed E-state index contributed by atoms with van der Waals surface area (Å²) >= 11 is 12.8. The van der Waals surface area contributed by atoms with E-state index >= 15 is 4.39 Å². The first-order valence-corrected chi connectivity index (χ1v) is 17.7. The fourth-order valence-corrected chi connectivity index (χ4v) is 9.29. The van der Waals surface area contributed by atoms with Gasteiger partial charge in [-0.1, -0.05) is 43.1 Å². The highest BCUT2D eigenvalue weighted by Gasteiger charge is 2.69. The largest absolute Gasteiger partial charge is 0.384 e. The van der Waals surface area contributed by atoms with E-state index in [1.165, 1.54) is 6.20 Å². The van der Waals surface area contributed by atoms with Gasteiger partial charge in [-0.25, -0.2) is 9.37 Å². The van der Waals surface area contributed by atoms with Crippen LogP contribution in [0.2, 0.25) is 10.2 Å². The molecule has 5 atom stereocenters. The third-order valence-electron chi connectivity index (χ3n) is 11.6. The van der Waals surface area contributed by atoms with E-state index in [0.717, 1.165) is 49.8 Å². The van der Waals surface area contributed by atoms with Crippen molar-refractivity contribution in [2.75, 3.05) is 31.7 Å². The molecular formula is C35H44Cl2FN5O4. The van der Waals surface area contributed by atoms with Gasteiger partial charge in [0.25, 0.3) is 0 Å². The van der Waals surface area contributed by atoms with Gasteiger partial charge in [0.2, 0.25) is 11.8 Å². The number of carbonyl (C=O) groups excluding carboxylic acids is 2. The summed E-state index contributed by atoms with van der Waals surface area (Å²) in [5.74, 6) is -1.53. The number of hydrogen-bond donors (Lipinski definition) is 4. The molecule has 12 heteroatoms. The Balaban J connectivity index is 1.18. The summed E-state index contributed by atoms with van der Waals surface area (Å²) in [7, 11) is 0. The van der Waals surface area contributed by atoms with Gasteiger partial charge < -0.3 is 25.4 Å². The number of anilines is 1. The Labute approximate surface area is 285 Å². The van der Waals surface area contributed by atoms with E-state index in [0.29, 0.717) is 43.2 Å². The molecule has 4 aliphatic heterocycles. The molecule has 2 amide bonds. The second-order valence-corrected chi connectivity index (χ2v) is 15.7. The highest BCUT2D eigenvalue weighted by molar-refractivity contribution is 6.31. The Bertz CT molecular complexity index is 1520. The molecule has 1 aromatic carbocycles. The topological polar surface area (TPSA) is 114 Å². The number of aromatic nitrogens is 1. The zero-order valence-corrected chi connectivity index (χ0v) is 28.5. The van der Waals surface area contributed by atoms with E-state index in [1.807, 2.05) is 18.2 Å². The van der Waals surface area contributed by atoms with Crippen molar-refractivity contribution in [1.82, 2.24) is 20.9 Å². The van der Waals surface area contributed by atoms with Crippen molar-refractivity contribution in [3.8, 4) is 0 Å². The molecule has 254 valence electrons. The monoisotopic (exact) mass is 687 g/mol. The number of amides is 2. The first-order valence-electron chi connectivity index (χ1n) is 16.9. The van der Waals surface area contributed by atoms with Crippen LogP contribution in [0.1, 0.15) is 82.3 Å². The maximum absolute atomic E-state index is 16.1. The van der Waals surface area contributed by atoms with Crippen molar-refractivity contribution in [3.05, 3.63) is 57.6 Å². The van der Waals surface area contributed by atoms with E-state index in [4.69, 9.17) is 32.7 Å². The van der Waals surface area contributed by atoms with E-state index < -0.39 is 34.8 Å². The normalized spacial score (nSPS) is 31.3. The smallest absolute Gasteiger partial charge is 0.249 e. The second kappa shape index (κ2) is 12.8. The predicted molar refractivity (Wildman–Crippen MR) is 178 cm³/mol. The van der Waals surface area contributed by atoms with Gasteiger partial charge in [0.15, 0.2) is 11.0 Å². The molecule has 9 nitrogen and oxygen atoms in total. The van der Waals surface area contributed by atoms with E-state index in [1.54, 1.807) is 6.07 Å². The van der Waals surface area contributed by atoms with Crippen molar-refractivity contribution in [2.24, 2.45) is 5.41 Å². The average molecular weight is 689 g/mol. The Morgan fingerprint density at radius 3 is 2.45 bits per heavy atom. The molecule has 47 heavy (non-hydrogen) atoms. The molecule has 4 fully saturated rings. The predicted octanol–water partition coefficient (Wildman–Crippen LogP) is 5.24. The van der Waals surface area contributed by atoms with Gasteiger partial charge in [-0.2, -0.15) is 0 Å². The molecule has 0 unspecified atom stereocenters. The Morgan fingerprint density at radius 2 is 1.72 bits per heavy atom. The number of fused-ring (bicyclic) bond motifs is 3. The molecule has 4 N–H and O–H groups in total. The van der Waals surface area contributed by atoms with Crippen molar-refractivity contribution >= 4 is 40.7 Å². The number of hydrogen-bond acceptors (Lipinski definition) is 7. The van der Waals surface area contributed by atoms with Crippen LogP contribution in [0, 0.1) is 11.2 Å². The minimum Gasteiger partial charge on any atom is -0.384 e. The number of ether oxygens (including phenoxy) is 2. The molecule has 5 aliphatic rings. The Morgan fingerprint density at radius 1 is 0.979 bits per heavy atom. The Kier molecular flexibility index (Phi) is 8.96. The number of halogens is 3. The first-order chi connectivity index (χ1) is 22.5. The van der Waals surface area contributed by atoms with Crippen molar-refractivity contribution in [3.63, 3.8) is 0 Å². The zero-order valence-electron chi connectivity index (χ0n) is 27.0. The molecule has 3 saturated heterocycles. The van der Waals surface area contributed by atoms with Gasteiger partial charge in [-0.15, -0.1) is 0 Å². The molecule has 2 aromatic rings. The highest BCUT2D eigenvalue weighted by Crippen LogP contribution is 2.63. The van der Waals surface area contributed by atoms with Crippen LogP contribution in [-0.2, 0) is 24.5 Å². The number of nitrogens with zero attached hydrogens (tertiary/aromatic N) is 1. The lowest BCUT2D eigenvalue weighted by molar-refractivity contribution is -0.138. The summed E-state index contributed by atoms with van der Waals surface area (Å²) in [5.41, 5.74) is 1.28. The number of rotatable bonds is 5. The highest BCUT2D eigenvalue weighted by atomic mass is 35.5. The standard InChI is InChI=1S/C35H44Cl2FN5O4/c1-33(2)10-12-34(13-11-33)35(19-40-25-17-20(36)3-5-24(25)35)27(23-7-14-39-30(37)28(23)38)29(43-34)32(45)42-22-4-6-26(47-18-22)31(44)41-21-8-15-46-16-9-21/h3,5,7,14,17,21-22,26-27,29,40,43H,4,6,8-13,15-16,18-19H2,1-2H3,(H,41,44)(H,42,45)/t22-,26+,27+,29-,35-/m1/s1. The fourth-order valence-electron chi connectivity index (χ4n) is 8.96. The molecule has 1 aromatic heterocycles. The molecule has 5 heterocycles. The van der Waals surface area contributed by atoms with Crippen LogP contribution in [0.5, 0.6) is 0 Å². The van der Waals surface area contributed by atoms with Crippen LogP contribution in [0.25, 0.3) is 0 Å². The average Bonchev–Trinajstić information content (AvgIpc) is 3.57. The lowest BCUT2D eigenvalue weighted by Gasteiger charge is -2.51. The lowest BCUT2D eigenvalue weighted by atomic mass is 9.53. The van der Waals surface area contributed by atoms with Crippen LogP contribution < -0.4 is 21.3 Å². The summed E-state index contributed by atoms with van der Waals surface area (Å²) in [4.78, 5) is 31.4. The second-order valence-electron chi connectivity index (χ2n) is 14.9. The third kappa shape index (κ3) is 5.92. The number of benzene rings is 1. The summed E-state index contributed by atoms with van der Waals surface area (Å²) < 4.78 is 27.5. The summed E-state index contributed by atoms with van der Waals surface area (Å²) in [6, 6.07) is 6.55. The minimum atomic E-state index is -0.762. The minimum absolute atomic E-state index is 0.0981. The quantitative estimate of drug-likeness (QED) is 0.318. The van der Waals surface area contributed by atoms with E-state index in [9.17, 15) is 9.59 Å². The van der Waals surface area contributed by atoms with Crippen LogP contribution in [-0.4, -0.2) is 72.9 Å². The molecule has 7 rings (SSSR count). The van der Waals surface area contributed by atoms with Gasteiger partial charge in [-0.05, 0) is 86.1 Å². The Hall–Kier alpha value is -2.50. The van der Waals surface area contributed by atoms with Crippen molar-refractivity contribution < 1.29 is 23.5 Å². The number of nitrogens with one attached hydrogen (secondary N) is 4. The summed E-state index contributed by atoms with van der Waals surface area (Å²) in [6.07, 6.45) is 7.20. The molecule has 0 radical (unpaired) electrons. The van der Waals surface area contributed by atoms with Crippen molar-refractivity contribution in [2.45, 2.75) is 106 Å². The van der Waals surface area contributed by atoms with E-state index in [-0.39, 0.29) is 41.1 Å². The lowest BCUT2D eigenvalue weighted by Crippen LogP contribution is -2.60. The maximum Gasteiger partial charge on any atom is 0.249 e. The SMILES string of the molecule is CC1(C)CCC2(CC1)N[C@@H](C(=O)N[C@@H]1CC[C@@H](C(=O)NC3CCOCC3)OC1)[C@H](c1ccnc(Cl)c1F)[C@]21CNc2cc(Cl)ccc21. The van der Waals surface area contributed by atoms with Gasteiger partial charge in [0.05, 0.1) is 18.7 Å². The number of carbonyl (C=O) groups is 2. The maximum atomic E-state index is 16.1. The first kappa shape index (κ1) is 33.0. The van der Waals surface area contributed by atoms with Gasteiger partial charge in [-0.3, -0.25) is 14.9 Å². The molecule has 0 bridgehead atoms. The third-order valence-corrected chi connectivity index (χ3v) is 12.1. The van der Waals surface area contributed by atoms with Crippen molar-refractivity contribution in [1.29, 1.82) is 0 Å². The van der Waals surface area contributed by atoms with Crippen LogP contribution in [0.15, 0.2) is 30.5 Å². The molecule has 1 saturated carbocycles. The zero-order chi connectivity index (χ0) is 33.0. The molecule has 2 spiro atoms. The summed E-state index contributed by atoms with van der Waals surface area (Å²) in [5, 5.41) is 14.2. The van der Waals surface area contributed by atoms with E-state index in [2.05, 4.69) is 40.1 Å². The summed E-state index contributed by atoms with van der Waals surface area (Å²) in [6.45, 7) is 6.59.